The van der Waals surface area contributed by atoms with Crippen LogP contribution in [0, 0.1) is 17.8 Å². The third kappa shape index (κ3) is 2.91. The molecule has 4 unspecified atom stereocenters. The zero-order valence-electron chi connectivity index (χ0n) is 13.0. The van der Waals surface area contributed by atoms with Crippen LogP contribution in [0.4, 0.5) is 0 Å². The Bertz CT molecular complexity index is 621. The number of hydrogen-bond donors (Lipinski definition) is 1. The highest BCUT2D eigenvalue weighted by molar-refractivity contribution is 9.10. The Morgan fingerprint density at radius 1 is 1.24 bits per heavy atom. The highest BCUT2D eigenvalue weighted by Crippen LogP contribution is 2.41. The number of benzene rings is 1. The zero-order valence-corrected chi connectivity index (χ0v) is 14.6. The summed E-state index contributed by atoms with van der Waals surface area (Å²) in [7, 11) is 2.05. The first kappa shape index (κ1) is 15.1. The van der Waals surface area contributed by atoms with E-state index < -0.39 is 0 Å². The highest BCUT2D eigenvalue weighted by atomic mass is 79.9. The fourth-order valence-corrected chi connectivity index (χ4v) is 4.17. The van der Waals surface area contributed by atoms with E-state index >= 15 is 0 Å². The van der Waals surface area contributed by atoms with Crippen molar-refractivity contribution >= 4 is 26.9 Å². The van der Waals surface area contributed by atoms with Crippen molar-refractivity contribution in [3.63, 3.8) is 0 Å². The second-order valence-corrected chi connectivity index (χ2v) is 7.46. The van der Waals surface area contributed by atoms with Crippen molar-refractivity contribution in [2.24, 2.45) is 17.8 Å². The van der Waals surface area contributed by atoms with E-state index in [0.717, 1.165) is 27.7 Å². The van der Waals surface area contributed by atoms with Crippen molar-refractivity contribution in [1.29, 1.82) is 0 Å². The topological polar surface area (TPSA) is 25.2 Å². The molecule has 3 heteroatoms. The van der Waals surface area contributed by atoms with Crippen LogP contribution in [0.3, 0.4) is 0 Å². The highest BCUT2D eigenvalue weighted by Gasteiger charge is 2.32. The first-order valence-electron chi connectivity index (χ1n) is 7.95. The molecule has 0 saturated heterocycles. The molecule has 0 amide bonds. The van der Waals surface area contributed by atoms with E-state index in [9.17, 15) is 0 Å². The van der Waals surface area contributed by atoms with Gasteiger partial charge in [0, 0.05) is 5.39 Å². The lowest BCUT2D eigenvalue weighted by molar-refractivity contribution is 0.165. The van der Waals surface area contributed by atoms with Crippen LogP contribution < -0.4 is 5.32 Å². The van der Waals surface area contributed by atoms with E-state index in [2.05, 4.69) is 60.3 Å². The Labute approximate surface area is 135 Å². The zero-order chi connectivity index (χ0) is 15.0. The summed E-state index contributed by atoms with van der Waals surface area (Å²) < 4.78 is 7.19. The molecule has 0 bridgehead atoms. The van der Waals surface area contributed by atoms with Crippen LogP contribution in [-0.4, -0.2) is 7.05 Å². The Balaban J connectivity index is 1.89. The van der Waals surface area contributed by atoms with Crippen LogP contribution in [0.5, 0.6) is 0 Å². The van der Waals surface area contributed by atoms with Crippen molar-refractivity contribution in [1.82, 2.24) is 5.32 Å². The van der Waals surface area contributed by atoms with Gasteiger partial charge in [-0.05, 0) is 65.7 Å². The average molecular weight is 350 g/mol. The van der Waals surface area contributed by atoms with Crippen LogP contribution in [0.2, 0.25) is 0 Å². The van der Waals surface area contributed by atoms with E-state index in [0.29, 0.717) is 12.0 Å². The molecule has 21 heavy (non-hydrogen) atoms. The van der Waals surface area contributed by atoms with Gasteiger partial charge in [-0.2, -0.15) is 0 Å². The second-order valence-electron chi connectivity index (χ2n) is 6.60. The van der Waals surface area contributed by atoms with Crippen molar-refractivity contribution in [3.05, 3.63) is 34.5 Å². The normalized spacial score (nSPS) is 27.9. The number of fused-ring (bicyclic) bond motifs is 1. The van der Waals surface area contributed by atoms with Crippen molar-refractivity contribution in [2.75, 3.05) is 7.05 Å². The summed E-state index contributed by atoms with van der Waals surface area (Å²) in [5.41, 5.74) is 0.963. The van der Waals surface area contributed by atoms with Crippen molar-refractivity contribution < 1.29 is 4.42 Å². The van der Waals surface area contributed by atoms with E-state index in [4.69, 9.17) is 4.42 Å². The first-order chi connectivity index (χ1) is 10.1. The molecule has 0 spiro atoms. The molecule has 1 fully saturated rings. The number of rotatable bonds is 3. The summed E-state index contributed by atoms with van der Waals surface area (Å²) >= 11 is 3.58. The van der Waals surface area contributed by atoms with Gasteiger partial charge in [-0.15, -0.1) is 0 Å². The smallest absolute Gasteiger partial charge is 0.148 e. The van der Waals surface area contributed by atoms with E-state index in [1.54, 1.807) is 0 Å². The number of halogens is 1. The number of para-hydroxylation sites is 1. The molecule has 1 saturated carbocycles. The largest absolute Gasteiger partial charge is 0.458 e. The minimum absolute atomic E-state index is 0.319. The molecule has 1 aromatic carbocycles. The Morgan fingerprint density at radius 3 is 2.71 bits per heavy atom. The first-order valence-corrected chi connectivity index (χ1v) is 8.74. The molecule has 0 aliphatic heterocycles. The predicted octanol–water partition coefficient (Wildman–Crippen LogP) is 5.53. The molecule has 1 N–H and O–H groups in total. The molecule has 2 aromatic rings. The van der Waals surface area contributed by atoms with Crippen molar-refractivity contribution in [3.8, 4) is 0 Å². The quantitative estimate of drug-likeness (QED) is 0.788. The molecule has 2 nitrogen and oxygen atoms in total. The lowest BCUT2D eigenvalue weighted by Crippen LogP contribution is -2.31. The molecular formula is C18H24BrNO. The number of furan rings is 1. The molecule has 0 radical (unpaired) electrons. The summed E-state index contributed by atoms with van der Waals surface area (Å²) in [6.07, 6.45) is 3.90. The summed E-state index contributed by atoms with van der Waals surface area (Å²) in [6.45, 7) is 4.77. The Kier molecular flexibility index (Phi) is 4.41. The lowest BCUT2D eigenvalue weighted by atomic mass is 9.73. The fourth-order valence-electron chi connectivity index (χ4n) is 3.70. The van der Waals surface area contributed by atoms with Gasteiger partial charge in [0.25, 0.3) is 0 Å². The molecule has 3 rings (SSSR count). The van der Waals surface area contributed by atoms with Crippen LogP contribution in [-0.2, 0) is 0 Å². The van der Waals surface area contributed by atoms with E-state index in [-0.39, 0.29) is 0 Å². The minimum Gasteiger partial charge on any atom is -0.458 e. The van der Waals surface area contributed by atoms with Crippen LogP contribution in [0.15, 0.2) is 33.2 Å². The summed E-state index contributed by atoms with van der Waals surface area (Å²) in [6, 6.07) is 8.73. The predicted molar refractivity (Wildman–Crippen MR) is 91.4 cm³/mol. The maximum Gasteiger partial charge on any atom is 0.148 e. The Morgan fingerprint density at radius 2 is 2.05 bits per heavy atom. The van der Waals surface area contributed by atoms with Gasteiger partial charge in [0.1, 0.15) is 11.3 Å². The molecule has 1 aliphatic carbocycles. The molecule has 1 heterocycles. The maximum atomic E-state index is 6.16. The summed E-state index contributed by atoms with van der Waals surface area (Å²) in [5.74, 6) is 3.39. The summed E-state index contributed by atoms with van der Waals surface area (Å²) in [4.78, 5) is 0. The second kappa shape index (κ2) is 6.13. The lowest BCUT2D eigenvalue weighted by Gasteiger charge is -2.35. The van der Waals surface area contributed by atoms with Crippen LogP contribution in [0.25, 0.3) is 11.0 Å². The van der Waals surface area contributed by atoms with E-state index in [1.165, 1.54) is 24.6 Å². The van der Waals surface area contributed by atoms with Gasteiger partial charge >= 0.3 is 0 Å². The molecular weight excluding hydrogens is 326 g/mol. The molecule has 4 atom stereocenters. The third-order valence-corrected chi connectivity index (χ3v) is 5.87. The average Bonchev–Trinajstić information content (AvgIpc) is 2.89. The molecule has 114 valence electrons. The standard InChI is InChI=1S/C18H24BrNO/c1-11-7-8-13(9-12(11)2)17(20-3)16-10-14-5-4-6-15(19)18(14)21-16/h4-6,10-13,17,20H,7-9H2,1-3H3. The fraction of sp³-hybridized carbons (Fsp3) is 0.556. The van der Waals surface area contributed by atoms with Gasteiger partial charge in [0.15, 0.2) is 0 Å². The molecule has 1 aromatic heterocycles. The van der Waals surface area contributed by atoms with Crippen molar-refractivity contribution in [2.45, 2.75) is 39.2 Å². The van der Waals surface area contributed by atoms with Gasteiger partial charge < -0.3 is 9.73 Å². The minimum atomic E-state index is 0.319. The number of nitrogens with one attached hydrogen (secondary N) is 1. The van der Waals surface area contributed by atoms with Crippen LogP contribution >= 0.6 is 15.9 Å². The Hall–Kier alpha value is -0.800. The van der Waals surface area contributed by atoms with Gasteiger partial charge in [0.2, 0.25) is 0 Å². The van der Waals surface area contributed by atoms with Gasteiger partial charge in [0.05, 0.1) is 10.5 Å². The summed E-state index contributed by atoms with van der Waals surface area (Å²) in [5, 5.41) is 4.67. The van der Waals surface area contributed by atoms with Gasteiger partial charge in [-0.3, -0.25) is 0 Å². The monoisotopic (exact) mass is 349 g/mol. The van der Waals surface area contributed by atoms with Crippen LogP contribution in [0.1, 0.15) is 44.9 Å². The van der Waals surface area contributed by atoms with E-state index in [1.807, 2.05) is 6.07 Å². The van der Waals surface area contributed by atoms with Gasteiger partial charge in [-0.1, -0.05) is 32.4 Å². The number of hydrogen-bond acceptors (Lipinski definition) is 2. The molecule has 1 aliphatic rings. The third-order valence-electron chi connectivity index (χ3n) is 5.24. The maximum absolute atomic E-state index is 6.16. The SMILES string of the molecule is CNC(c1cc2cccc(Br)c2o1)C1CCC(C)C(C)C1. The van der Waals surface area contributed by atoms with Gasteiger partial charge in [-0.25, -0.2) is 0 Å².